The first kappa shape index (κ1) is 21.6. The fraction of sp³-hybridized carbons (Fsp3) is 0.304. The van der Waals surface area contributed by atoms with Gasteiger partial charge in [0.1, 0.15) is 17.4 Å². The number of carbonyl (C=O) groups excluding carboxylic acids is 1. The fourth-order valence-electron chi connectivity index (χ4n) is 3.83. The van der Waals surface area contributed by atoms with Gasteiger partial charge in [-0.2, -0.15) is 5.26 Å². The van der Waals surface area contributed by atoms with E-state index in [1.165, 1.54) is 11.3 Å². The van der Waals surface area contributed by atoms with Crippen LogP contribution in [-0.2, 0) is 4.79 Å². The third-order valence-corrected chi connectivity index (χ3v) is 6.38. The number of aryl methyl sites for hydroxylation is 1. The van der Waals surface area contributed by atoms with Crippen molar-refractivity contribution >= 4 is 33.6 Å². The van der Waals surface area contributed by atoms with Crippen molar-refractivity contribution in [2.75, 3.05) is 30.4 Å². The molecule has 1 saturated heterocycles. The van der Waals surface area contributed by atoms with E-state index in [1.807, 2.05) is 50.2 Å². The lowest BCUT2D eigenvalue weighted by Crippen LogP contribution is -2.17. The molecule has 0 aliphatic carbocycles. The molecule has 1 fully saturated rings. The highest BCUT2D eigenvalue weighted by Crippen LogP contribution is 2.28. The molecule has 0 radical (unpaired) electrons. The van der Waals surface area contributed by atoms with Gasteiger partial charge in [0.15, 0.2) is 0 Å². The lowest BCUT2D eigenvalue weighted by molar-refractivity contribution is -0.112. The van der Waals surface area contributed by atoms with Gasteiger partial charge in [0.25, 0.3) is 5.91 Å². The molecule has 1 aromatic carbocycles. The van der Waals surface area contributed by atoms with Crippen molar-refractivity contribution < 1.29 is 9.53 Å². The molecule has 8 nitrogen and oxygen atoms in total. The van der Waals surface area contributed by atoms with Crippen molar-refractivity contribution in [1.82, 2.24) is 14.8 Å². The molecular formula is C23H24N6O2S. The molecule has 1 aliphatic heterocycles. The van der Waals surface area contributed by atoms with Crippen LogP contribution in [0.25, 0.3) is 11.8 Å². The Morgan fingerprint density at radius 3 is 2.59 bits per heavy atom. The average molecular weight is 449 g/mol. The lowest BCUT2D eigenvalue weighted by Gasteiger charge is -2.11. The molecule has 1 aliphatic rings. The van der Waals surface area contributed by atoms with Gasteiger partial charge in [-0.3, -0.25) is 10.1 Å². The first-order chi connectivity index (χ1) is 15.5. The summed E-state index contributed by atoms with van der Waals surface area (Å²) in [5.74, 6) is 0.287. The van der Waals surface area contributed by atoms with Crippen LogP contribution < -0.4 is 15.0 Å². The summed E-state index contributed by atoms with van der Waals surface area (Å²) in [6.07, 6.45) is 3.88. The van der Waals surface area contributed by atoms with E-state index >= 15 is 0 Å². The summed E-state index contributed by atoms with van der Waals surface area (Å²) in [6, 6.07) is 11.7. The van der Waals surface area contributed by atoms with Gasteiger partial charge in [-0.25, -0.2) is 0 Å². The van der Waals surface area contributed by atoms with E-state index < -0.39 is 5.91 Å². The normalized spacial score (nSPS) is 13.8. The Kier molecular flexibility index (Phi) is 6.23. The molecule has 0 bridgehead atoms. The Bertz CT molecular complexity index is 1200. The molecule has 1 amide bonds. The molecule has 3 aromatic rings. The highest BCUT2D eigenvalue weighted by Gasteiger charge is 2.19. The Balaban J connectivity index is 1.55. The van der Waals surface area contributed by atoms with Crippen molar-refractivity contribution in [3.05, 3.63) is 52.9 Å². The molecule has 0 atom stereocenters. The number of nitriles is 1. The smallest absolute Gasteiger partial charge is 0.268 e. The third-order valence-electron chi connectivity index (χ3n) is 5.48. The minimum Gasteiger partial charge on any atom is -0.497 e. The summed E-state index contributed by atoms with van der Waals surface area (Å²) in [6.45, 7) is 5.86. The number of carbonyl (C=O) groups is 1. The number of benzene rings is 1. The van der Waals surface area contributed by atoms with Crippen molar-refractivity contribution in [3.63, 3.8) is 0 Å². The molecule has 164 valence electrons. The maximum Gasteiger partial charge on any atom is 0.268 e. The van der Waals surface area contributed by atoms with E-state index in [9.17, 15) is 10.1 Å². The van der Waals surface area contributed by atoms with Crippen molar-refractivity contribution in [3.8, 4) is 17.5 Å². The molecular weight excluding hydrogens is 424 g/mol. The van der Waals surface area contributed by atoms with E-state index in [-0.39, 0.29) is 5.57 Å². The van der Waals surface area contributed by atoms with E-state index in [2.05, 4.69) is 25.0 Å². The average Bonchev–Trinajstić information content (AvgIpc) is 3.53. The minimum absolute atomic E-state index is 0.0119. The highest BCUT2D eigenvalue weighted by molar-refractivity contribution is 7.19. The standard InChI is InChI=1S/C23H24N6O2S/c1-15-12-17(16(2)29(15)19-6-8-20(31-3)9-7-19)13-18(14-24)21(30)25-22-26-27-23(32-22)28-10-4-5-11-28/h6-9,12-13H,4-5,10-11H2,1-3H3,(H,25,26,30)/b18-13-. The lowest BCUT2D eigenvalue weighted by atomic mass is 10.1. The van der Waals surface area contributed by atoms with Gasteiger partial charge in [0, 0.05) is 30.2 Å². The summed E-state index contributed by atoms with van der Waals surface area (Å²) in [4.78, 5) is 14.9. The van der Waals surface area contributed by atoms with Gasteiger partial charge >= 0.3 is 0 Å². The maximum absolute atomic E-state index is 12.7. The molecule has 9 heteroatoms. The van der Waals surface area contributed by atoms with Gasteiger partial charge < -0.3 is 14.2 Å². The number of rotatable bonds is 6. The number of hydrogen-bond donors (Lipinski definition) is 1. The van der Waals surface area contributed by atoms with Crippen molar-refractivity contribution in [1.29, 1.82) is 5.26 Å². The fourth-order valence-corrected chi connectivity index (χ4v) is 4.62. The number of hydrogen-bond acceptors (Lipinski definition) is 7. The molecule has 1 N–H and O–H groups in total. The number of nitrogens with zero attached hydrogens (tertiary/aromatic N) is 5. The highest BCUT2D eigenvalue weighted by atomic mass is 32.1. The molecule has 0 saturated carbocycles. The second kappa shape index (κ2) is 9.24. The zero-order valence-corrected chi connectivity index (χ0v) is 19.1. The van der Waals surface area contributed by atoms with Crippen LogP contribution >= 0.6 is 11.3 Å². The summed E-state index contributed by atoms with van der Waals surface area (Å²) in [5, 5.41) is 21.7. The van der Waals surface area contributed by atoms with E-state index in [0.29, 0.717) is 5.13 Å². The monoisotopic (exact) mass is 448 g/mol. The molecule has 2 aromatic heterocycles. The summed E-state index contributed by atoms with van der Waals surface area (Å²) in [5.41, 5.74) is 3.72. The molecule has 0 spiro atoms. The van der Waals surface area contributed by atoms with Crippen molar-refractivity contribution in [2.45, 2.75) is 26.7 Å². The first-order valence-corrected chi connectivity index (χ1v) is 11.2. The second-order valence-electron chi connectivity index (χ2n) is 7.57. The van der Waals surface area contributed by atoms with Gasteiger partial charge in [0.05, 0.1) is 7.11 Å². The summed E-state index contributed by atoms with van der Waals surface area (Å²) in [7, 11) is 1.63. The Morgan fingerprint density at radius 1 is 1.22 bits per heavy atom. The molecule has 3 heterocycles. The van der Waals surface area contributed by atoms with Crippen LogP contribution in [0.4, 0.5) is 10.3 Å². The van der Waals surface area contributed by atoms with Crippen molar-refractivity contribution in [2.24, 2.45) is 0 Å². The van der Waals surface area contributed by atoms with Crippen LogP contribution in [0.2, 0.25) is 0 Å². The summed E-state index contributed by atoms with van der Waals surface area (Å²) < 4.78 is 7.31. The van der Waals surface area contributed by atoms with E-state index in [0.717, 1.165) is 59.5 Å². The third kappa shape index (κ3) is 4.36. The zero-order chi connectivity index (χ0) is 22.7. The number of anilines is 2. The number of methoxy groups -OCH3 is 1. The topological polar surface area (TPSA) is 96.1 Å². The van der Waals surface area contributed by atoms with Gasteiger partial charge in [-0.05, 0) is 68.7 Å². The van der Waals surface area contributed by atoms with Gasteiger partial charge in [-0.1, -0.05) is 11.3 Å². The number of aromatic nitrogens is 3. The predicted octanol–water partition coefficient (Wildman–Crippen LogP) is 4.10. The van der Waals surface area contributed by atoms with Gasteiger partial charge in [0.2, 0.25) is 10.3 Å². The molecule has 4 rings (SSSR count). The maximum atomic E-state index is 12.7. The predicted molar refractivity (Wildman–Crippen MR) is 125 cm³/mol. The number of amides is 1. The van der Waals surface area contributed by atoms with Gasteiger partial charge in [-0.15, -0.1) is 10.2 Å². The Hall–Kier alpha value is -3.64. The van der Waals surface area contributed by atoms with Crippen LogP contribution in [0.3, 0.4) is 0 Å². The van der Waals surface area contributed by atoms with Crippen LogP contribution in [0, 0.1) is 25.2 Å². The van der Waals surface area contributed by atoms with Crippen LogP contribution in [-0.4, -0.2) is 40.9 Å². The summed E-state index contributed by atoms with van der Waals surface area (Å²) >= 11 is 1.32. The quantitative estimate of drug-likeness (QED) is 0.451. The van der Waals surface area contributed by atoms with E-state index in [4.69, 9.17) is 4.74 Å². The first-order valence-electron chi connectivity index (χ1n) is 10.3. The Labute approximate surface area is 190 Å². The van der Waals surface area contributed by atoms with E-state index in [1.54, 1.807) is 13.2 Å². The Morgan fingerprint density at radius 2 is 1.94 bits per heavy atom. The largest absolute Gasteiger partial charge is 0.497 e. The SMILES string of the molecule is COc1ccc(-n2c(C)cc(/C=C(/C#N)C(=O)Nc3nnc(N4CCCC4)s3)c2C)cc1. The zero-order valence-electron chi connectivity index (χ0n) is 18.3. The minimum atomic E-state index is -0.495. The number of nitrogens with one attached hydrogen (secondary N) is 1. The molecule has 0 unspecified atom stereocenters. The second-order valence-corrected chi connectivity index (χ2v) is 8.52. The van der Waals surface area contributed by atoms with Crippen LogP contribution in [0.5, 0.6) is 5.75 Å². The van der Waals surface area contributed by atoms with Crippen LogP contribution in [0.1, 0.15) is 29.8 Å². The number of ether oxygens (including phenoxy) is 1. The molecule has 32 heavy (non-hydrogen) atoms. The van der Waals surface area contributed by atoms with Crippen LogP contribution in [0.15, 0.2) is 35.9 Å².